The summed E-state index contributed by atoms with van der Waals surface area (Å²) in [4.78, 5) is 36.9. The maximum atomic E-state index is 12.3. The Balaban J connectivity index is 2.08. The van der Waals surface area contributed by atoms with Crippen LogP contribution in [-0.2, 0) is 14.3 Å². The van der Waals surface area contributed by atoms with Gasteiger partial charge in [0.25, 0.3) is 11.6 Å². The quantitative estimate of drug-likeness (QED) is 0.245. The van der Waals surface area contributed by atoms with Crippen molar-refractivity contribution in [3.8, 4) is 6.07 Å². The van der Waals surface area contributed by atoms with Gasteiger partial charge in [0, 0.05) is 25.8 Å². The molecule has 2 rings (SSSR count). The molecule has 0 aliphatic heterocycles. The summed E-state index contributed by atoms with van der Waals surface area (Å²) >= 11 is 0. The summed E-state index contributed by atoms with van der Waals surface area (Å²) in [7, 11) is 3.78. The summed E-state index contributed by atoms with van der Waals surface area (Å²) in [5.41, 5.74) is 0.980. The van der Waals surface area contributed by atoms with Crippen molar-refractivity contribution in [2.45, 2.75) is 13.0 Å². The van der Waals surface area contributed by atoms with E-state index in [0.717, 1.165) is 5.69 Å². The molecule has 1 N–H and O–H groups in total. The molecule has 0 heterocycles. The lowest BCUT2D eigenvalue weighted by Crippen LogP contribution is -2.30. The van der Waals surface area contributed by atoms with Crippen molar-refractivity contribution in [2.24, 2.45) is 0 Å². The summed E-state index contributed by atoms with van der Waals surface area (Å²) in [6.07, 6.45) is 0.0826. The van der Waals surface area contributed by atoms with Gasteiger partial charge < -0.3 is 15.0 Å². The number of rotatable bonds is 7. The van der Waals surface area contributed by atoms with Crippen LogP contribution >= 0.6 is 0 Å². The van der Waals surface area contributed by atoms with E-state index >= 15 is 0 Å². The molecule has 0 aliphatic carbocycles. The molecule has 9 nitrogen and oxygen atoms in total. The number of anilines is 2. The summed E-state index contributed by atoms with van der Waals surface area (Å²) in [6.45, 7) is 1.31. The second-order valence-corrected chi connectivity index (χ2v) is 6.47. The molecule has 0 unspecified atom stereocenters. The molecular formula is C21H20N4O5. The van der Waals surface area contributed by atoms with Crippen molar-refractivity contribution in [3.63, 3.8) is 0 Å². The zero-order valence-corrected chi connectivity index (χ0v) is 16.7. The fourth-order valence-electron chi connectivity index (χ4n) is 2.42. The molecule has 0 fully saturated rings. The third kappa shape index (κ3) is 5.65. The van der Waals surface area contributed by atoms with Crippen molar-refractivity contribution in [2.75, 3.05) is 24.3 Å². The lowest BCUT2D eigenvalue weighted by atomic mass is 10.1. The first-order valence-corrected chi connectivity index (χ1v) is 8.87. The molecule has 0 aromatic heterocycles. The van der Waals surface area contributed by atoms with Crippen LogP contribution < -0.4 is 10.2 Å². The molecule has 30 heavy (non-hydrogen) atoms. The molecule has 1 atom stereocenters. The van der Waals surface area contributed by atoms with Gasteiger partial charge in [-0.3, -0.25) is 14.9 Å². The van der Waals surface area contributed by atoms with Crippen LogP contribution in [0.5, 0.6) is 0 Å². The fraction of sp³-hybridized carbons (Fsp3) is 0.190. The van der Waals surface area contributed by atoms with Crippen LogP contribution in [-0.4, -0.2) is 37.0 Å². The number of nitro benzene ring substituents is 1. The lowest BCUT2D eigenvalue weighted by Gasteiger charge is -2.13. The van der Waals surface area contributed by atoms with E-state index in [0.29, 0.717) is 5.56 Å². The number of hydrogen-bond donors (Lipinski definition) is 1. The van der Waals surface area contributed by atoms with Gasteiger partial charge in [0.15, 0.2) is 6.10 Å². The number of nitriles is 1. The first-order valence-electron chi connectivity index (χ1n) is 8.87. The Bertz CT molecular complexity index is 1020. The number of nitro groups is 1. The maximum Gasteiger partial charge on any atom is 0.349 e. The van der Waals surface area contributed by atoms with Crippen molar-refractivity contribution in [1.29, 1.82) is 5.26 Å². The Morgan fingerprint density at radius 1 is 1.20 bits per heavy atom. The summed E-state index contributed by atoms with van der Waals surface area (Å²) in [5, 5.41) is 22.7. The molecule has 0 bridgehead atoms. The Morgan fingerprint density at radius 2 is 1.83 bits per heavy atom. The number of hydrogen-bond acceptors (Lipinski definition) is 7. The van der Waals surface area contributed by atoms with Gasteiger partial charge in [0.05, 0.1) is 4.92 Å². The van der Waals surface area contributed by atoms with Gasteiger partial charge in [-0.1, -0.05) is 24.3 Å². The summed E-state index contributed by atoms with van der Waals surface area (Å²) < 4.78 is 5.05. The van der Waals surface area contributed by atoms with Gasteiger partial charge >= 0.3 is 5.97 Å². The molecule has 154 valence electrons. The minimum absolute atomic E-state index is 0.0209. The zero-order chi connectivity index (χ0) is 22.3. The lowest BCUT2D eigenvalue weighted by molar-refractivity contribution is -0.383. The average Bonchev–Trinajstić information content (AvgIpc) is 2.72. The number of para-hydroxylation sites is 2. The van der Waals surface area contributed by atoms with Crippen LogP contribution in [0.25, 0.3) is 6.08 Å². The van der Waals surface area contributed by atoms with Crippen LogP contribution in [0.15, 0.2) is 54.1 Å². The first-order chi connectivity index (χ1) is 14.2. The second kappa shape index (κ2) is 9.84. The molecular weight excluding hydrogens is 388 g/mol. The van der Waals surface area contributed by atoms with Crippen LogP contribution in [0.1, 0.15) is 12.5 Å². The third-order valence-electron chi connectivity index (χ3n) is 4.07. The van der Waals surface area contributed by atoms with Crippen molar-refractivity contribution >= 4 is 35.0 Å². The Kier molecular flexibility index (Phi) is 7.25. The van der Waals surface area contributed by atoms with E-state index in [1.54, 1.807) is 18.2 Å². The highest BCUT2D eigenvalue weighted by Crippen LogP contribution is 2.23. The molecule has 0 saturated heterocycles. The Labute approximate surface area is 173 Å². The first kappa shape index (κ1) is 22.1. The molecule has 1 amide bonds. The van der Waals surface area contributed by atoms with Gasteiger partial charge in [-0.05, 0) is 36.8 Å². The van der Waals surface area contributed by atoms with E-state index in [-0.39, 0.29) is 16.9 Å². The standard InChI is InChI=1S/C21H20N4O5/c1-14(20(26)23-18-6-4-5-7-19(18)25(28)29)30-21(27)16(13-22)12-15-8-10-17(11-9-15)24(2)3/h4-12,14H,1-3H3,(H,23,26)/b16-12+/t14-/m1/s1. The predicted molar refractivity (Wildman–Crippen MR) is 112 cm³/mol. The van der Waals surface area contributed by atoms with Crippen molar-refractivity contribution < 1.29 is 19.2 Å². The topological polar surface area (TPSA) is 126 Å². The maximum absolute atomic E-state index is 12.3. The molecule has 9 heteroatoms. The van der Waals surface area contributed by atoms with Crippen LogP contribution in [0.2, 0.25) is 0 Å². The van der Waals surface area contributed by atoms with Gasteiger partial charge in [0.1, 0.15) is 17.3 Å². The van der Waals surface area contributed by atoms with Crippen LogP contribution in [0.3, 0.4) is 0 Å². The average molecular weight is 408 g/mol. The summed E-state index contributed by atoms with van der Waals surface area (Å²) in [5.74, 6) is -1.73. The monoisotopic (exact) mass is 408 g/mol. The second-order valence-electron chi connectivity index (χ2n) is 6.47. The third-order valence-corrected chi connectivity index (χ3v) is 4.07. The number of ether oxygens (including phenoxy) is 1. The molecule has 0 radical (unpaired) electrons. The largest absolute Gasteiger partial charge is 0.448 e. The molecule has 0 spiro atoms. The number of amides is 1. The highest BCUT2D eigenvalue weighted by molar-refractivity contribution is 6.01. The zero-order valence-electron chi connectivity index (χ0n) is 16.7. The minimum Gasteiger partial charge on any atom is -0.448 e. The number of carbonyl (C=O) groups excluding carboxylic acids is 2. The number of nitrogens with one attached hydrogen (secondary N) is 1. The summed E-state index contributed by atoms with van der Waals surface area (Å²) in [6, 6.07) is 14.5. The predicted octanol–water partition coefficient (Wildman–Crippen LogP) is 3.14. The Morgan fingerprint density at radius 3 is 2.40 bits per heavy atom. The van der Waals surface area contributed by atoms with E-state index in [2.05, 4.69) is 5.32 Å². The van der Waals surface area contributed by atoms with E-state index < -0.39 is 22.9 Å². The molecule has 0 saturated carbocycles. The van der Waals surface area contributed by atoms with E-state index in [9.17, 15) is 25.0 Å². The highest BCUT2D eigenvalue weighted by Gasteiger charge is 2.23. The number of benzene rings is 2. The number of carbonyl (C=O) groups is 2. The normalized spacial score (nSPS) is 11.7. The van der Waals surface area contributed by atoms with Gasteiger partial charge in [-0.2, -0.15) is 5.26 Å². The molecule has 2 aromatic rings. The van der Waals surface area contributed by atoms with Crippen LogP contribution in [0.4, 0.5) is 17.1 Å². The van der Waals surface area contributed by atoms with E-state index in [1.807, 2.05) is 31.1 Å². The van der Waals surface area contributed by atoms with Gasteiger partial charge in [-0.15, -0.1) is 0 Å². The number of esters is 1. The molecule has 0 aliphatic rings. The van der Waals surface area contributed by atoms with Crippen molar-refractivity contribution in [3.05, 3.63) is 69.8 Å². The highest BCUT2D eigenvalue weighted by atomic mass is 16.6. The fourth-order valence-corrected chi connectivity index (χ4v) is 2.42. The van der Waals surface area contributed by atoms with Crippen molar-refractivity contribution in [1.82, 2.24) is 0 Å². The Hall–Kier alpha value is -4.19. The SMILES string of the molecule is C[C@@H](OC(=O)/C(C#N)=C/c1ccc(N(C)C)cc1)C(=O)Nc1ccccc1[N+](=O)[O-]. The van der Waals surface area contributed by atoms with E-state index in [1.165, 1.54) is 37.3 Å². The number of nitrogens with zero attached hydrogens (tertiary/aromatic N) is 3. The molecule has 2 aromatic carbocycles. The van der Waals surface area contributed by atoms with E-state index in [4.69, 9.17) is 4.74 Å². The van der Waals surface area contributed by atoms with Gasteiger partial charge in [0.2, 0.25) is 0 Å². The minimum atomic E-state index is -1.27. The van der Waals surface area contributed by atoms with Crippen LogP contribution in [0, 0.1) is 21.4 Å². The smallest absolute Gasteiger partial charge is 0.349 e. The van der Waals surface area contributed by atoms with Gasteiger partial charge in [-0.25, -0.2) is 4.79 Å².